The van der Waals surface area contributed by atoms with Crippen LogP contribution in [-0.2, 0) is 9.84 Å². The van der Waals surface area contributed by atoms with Gasteiger partial charge < -0.3 is 16.3 Å². The number of nitrogens with zero attached hydrogens (tertiary/aromatic N) is 1. The van der Waals surface area contributed by atoms with Crippen LogP contribution in [0, 0.1) is 0 Å². The number of carbonyl (C=O) groups excluding carboxylic acids is 1. The van der Waals surface area contributed by atoms with E-state index in [1.54, 1.807) is 25.1 Å². The first-order valence-electron chi connectivity index (χ1n) is 5.79. The number of nitrogens with two attached hydrogens (primary N) is 1. The fourth-order valence-electron chi connectivity index (χ4n) is 1.68. The molecule has 1 unspecified atom stereocenters. The van der Waals surface area contributed by atoms with E-state index in [2.05, 4.69) is 10.5 Å². The zero-order valence-electron chi connectivity index (χ0n) is 11.2. The number of oxime groups is 1. The highest BCUT2D eigenvalue weighted by Crippen LogP contribution is 2.06. The lowest BCUT2D eigenvalue weighted by Gasteiger charge is -2.13. The summed E-state index contributed by atoms with van der Waals surface area (Å²) in [6.45, 7) is 1.60. The molecule has 0 heterocycles. The third-order valence-electron chi connectivity index (χ3n) is 2.46. The molecule has 1 aromatic carbocycles. The van der Waals surface area contributed by atoms with Gasteiger partial charge in [-0.1, -0.05) is 17.3 Å². The van der Waals surface area contributed by atoms with Gasteiger partial charge in [-0.2, -0.15) is 0 Å². The molecule has 20 heavy (non-hydrogen) atoms. The Labute approximate surface area is 117 Å². The fourth-order valence-corrected chi connectivity index (χ4v) is 2.67. The van der Waals surface area contributed by atoms with Gasteiger partial charge in [0.15, 0.2) is 5.84 Å². The number of nitrogens with one attached hydrogen (secondary N) is 1. The third-order valence-corrected chi connectivity index (χ3v) is 3.56. The highest BCUT2D eigenvalue weighted by Gasteiger charge is 2.15. The van der Waals surface area contributed by atoms with Crippen molar-refractivity contribution >= 4 is 21.6 Å². The van der Waals surface area contributed by atoms with Crippen molar-refractivity contribution in [3.05, 3.63) is 35.4 Å². The van der Waals surface area contributed by atoms with Crippen LogP contribution < -0.4 is 11.1 Å². The lowest BCUT2D eigenvalue weighted by molar-refractivity contribution is 0.0943. The molecular weight excluding hydrogens is 282 g/mol. The van der Waals surface area contributed by atoms with E-state index in [0.717, 1.165) is 6.26 Å². The van der Waals surface area contributed by atoms with Gasteiger partial charge in [0.05, 0.1) is 5.75 Å². The lowest BCUT2D eigenvalue weighted by atomic mass is 10.1. The quantitative estimate of drug-likeness (QED) is 0.304. The second kappa shape index (κ2) is 6.38. The molecule has 1 atom stereocenters. The Morgan fingerprint density at radius 1 is 1.45 bits per heavy atom. The minimum Gasteiger partial charge on any atom is -0.409 e. The molecule has 0 saturated carbocycles. The van der Waals surface area contributed by atoms with E-state index in [0.29, 0.717) is 11.1 Å². The summed E-state index contributed by atoms with van der Waals surface area (Å²) in [6.07, 6.45) is 1.11. The van der Waals surface area contributed by atoms with Crippen molar-refractivity contribution in [3.63, 3.8) is 0 Å². The number of benzene rings is 1. The molecule has 0 aliphatic carbocycles. The maximum absolute atomic E-state index is 12.0. The second-order valence-corrected chi connectivity index (χ2v) is 6.72. The van der Waals surface area contributed by atoms with Gasteiger partial charge in [-0.05, 0) is 19.1 Å². The number of amidine groups is 1. The first-order chi connectivity index (χ1) is 9.23. The molecule has 0 aliphatic rings. The van der Waals surface area contributed by atoms with Crippen LogP contribution in [0.4, 0.5) is 0 Å². The molecule has 7 nitrogen and oxygen atoms in total. The summed E-state index contributed by atoms with van der Waals surface area (Å²) in [6, 6.07) is 5.67. The average Bonchev–Trinajstić information content (AvgIpc) is 2.35. The Morgan fingerprint density at radius 3 is 2.60 bits per heavy atom. The van der Waals surface area contributed by atoms with E-state index in [-0.39, 0.29) is 11.6 Å². The standard InChI is InChI=1S/C12H17N3O4S/c1-8(7-20(2,18)19)14-12(16)10-5-3-4-9(6-10)11(13)15-17/h3-6,8,17H,7H2,1-2H3,(H2,13,15)(H,14,16). The van der Waals surface area contributed by atoms with Crippen molar-refractivity contribution in [2.75, 3.05) is 12.0 Å². The Kier molecular flexibility index (Phi) is 5.09. The molecule has 0 spiro atoms. The van der Waals surface area contributed by atoms with E-state index < -0.39 is 21.8 Å². The number of rotatable bonds is 5. The van der Waals surface area contributed by atoms with Crippen molar-refractivity contribution in [1.29, 1.82) is 0 Å². The molecule has 1 amide bonds. The molecule has 0 aliphatic heterocycles. The predicted octanol–water partition coefficient (Wildman–Crippen LogP) is -0.0560. The summed E-state index contributed by atoms with van der Waals surface area (Å²) >= 11 is 0. The van der Waals surface area contributed by atoms with E-state index in [1.807, 2.05) is 0 Å². The first kappa shape index (κ1) is 16.0. The van der Waals surface area contributed by atoms with Crippen LogP contribution in [0.3, 0.4) is 0 Å². The van der Waals surface area contributed by atoms with Gasteiger partial charge in [-0.25, -0.2) is 8.42 Å². The molecule has 1 rings (SSSR count). The lowest BCUT2D eigenvalue weighted by Crippen LogP contribution is -2.37. The summed E-state index contributed by atoms with van der Waals surface area (Å²) < 4.78 is 22.3. The molecule has 0 bridgehead atoms. The van der Waals surface area contributed by atoms with E-state index in [1.165, 1.54) is 6.07 Å². The molecule has 0 fully saturated rings. The molecule has 0 aromatic heterocycles. The zero-order chi connectivity index (χ0) is 15.3. The van der Waals surface area contributed by atoms with Crippen LogP contribution in [-0.4, -0.2) is 43.4 Å². The van der Waals surface area contributed by atoms with Gasteiger partial charge >= 0.3 is 0 Å². The minimum atomic E-state index is -3.16. The number of carbonyl (C=O) groups is 1. The number of sulfone groups is 1. The molecule has 0 radical (unpaired) electrons. The second-order valence-electron chi connectivity index (χ2n) is 4.53. The number of hydrogen-bond donors (Lipinski definition) is 3. The Bertz CT molecular complexity index is 625. The fraction of sp³-hybridized carbons (Fsp3) is 0.333. The first-order valence-corrected chi connectivity index (χ1v) is 7.85. The van der Waals surface area contributed by atoms with Gasteiger partial charge in [0, 0.05) is 23.4 Å². The zero-order valence-corrected chi connectivity index (χ0v) is 12.0. The maximum atomic E-state index is 12.0. The normalized spacial score (nSPS) is 13.8. The van der Waals surface area contributed by atoms with Crippen molar-refractivity contribution < 1.29 is 18.4 Å². The SMILES string of the molecule is CC(CS(C)(=O)=O)NC(=O)c1cccc(C(N)=NO)c1. The van der Waals surface area contributed by atoms with Crippen molar-refractivity contribution in [1.82, 2.24) is 5.32 Å². The molecule has 8 heteroatoms. The molecular formula is C12H17N3O4S. The van der Waals surface area contributed by atoms with Crippen LogP contribution in [0.25, 0.3) is 0 Å². The summed E-state index contributed by atoms with van der Waals surface area (Å²) in [5, 5.41) is 14.0. The van der Waals surface area contributed by atoms with E-state index in [9.17, 15) is 13.2 Å². The van der Waals surface area contributed by atoms with Crippen molar-refractivity contribution in [2.24, 2.45) is 10.9 Å². The summed E-state index contributed by atoms with van der Waals surface area (Å²) in [5.74, 6) is -0.670. The predicted molar refractivity (Wildman–Crippen MR) is 75.6 cm³/mol. The van der Waals surface area contributed by atoms with E-state index in [4.69, 9.17) is 10.9 Å². The highest BCUT2D eigenvalue weighted by atomic mass is 32.2. The molecule has 0 saturated heterocycles. The van der Waals surface area contributed by atoms with Gasteiger partial charge in [0.2, 0.25) is 0 Å². The maximum Gasteiger partial charge on any atom is 0.251 e. The van der Waals surface area contributed by atoms with Gasteiger partial charge in [0.25, 0.3) is 5.91 Å². The van der Waals surface area contributed by atoms with E-state index >= 15 is 0 Å². The minimum absolute atomic E-state index is 0.108. The number of amides is 1. The average molecular weight is 299 g/mol. The Morgan fingerprint density at radius 2 is 2.05 bits per heavy atom. The Hall–Kier alpha value is -2.09. The largest absolute Gasteiger partial charge is 0.409 e. The van der Waals surface area contributed by atoms with Gasteiger partial charge in [-0.15, -0.1) is 0 Å². The Balaban J connectivity index is 2.83. The summed E-state index contributed by atoms with van der Waals surface area (Å²) in [4.78, 5) is 12.0. The van der Waals surface area contributed by atoms with Crippen LogP contribution >= 0.6 is 0 Å². The van der Waals surface area contributed by atoms with Crippen LogP contribution in [0.15, 0.2) is 29.4 Å². The highest BCUT2D eigenvalue weighted by molar-refractivity contribution is 7.90. The molecule has 110 valence electrons. The topological polar surface area (TPSA) is 122 Å². The van der Waals surface area contributed by atoms with Crippen LogP contribution in [0.5, 0.6) is 0 Å². The third kappa shape index (κ3) is 4.88. The smallest absolute Gasteiger partial charge is 0.251 e. The summed E-state index contributed by atoms with van der Waals surface area (Å²) in [5.41, 5.74) is 6.14. The molecule has 4 N–H and O–H groups in total. The number of hydrogen-bond acceptors (Lipinski definition) is 5. The monoisotopic (exact) mass is 299 g/mol. The summed E-state index contributed by atoms with van der Waals surface area (Å²) in [7, 11) is -3.16. The van der Waals surface area contributed by atoms with Crippen LogP contribution in [0.1, 0.15) is 22.8 Å². The van der Waals surface area contributed by atoms with Crippen molar-refractivity contribution in [2.45, 2.75) is 13.0 Å². The van der Waals surface area contributed by atoms with Crippen molar-refractivity contribution in [3.8, 4) is 0 Å². The molecule has 1 aromatic rings. The van der Waals surface area contributed by atoms with Gasteiger partial charge in [-0.3, -0.25) is 4.79 Å². The van der Waals surface area contributed by atoms with Gasteiger partial charge in [0.1, 0.15) is 9.84 Å². The van der Waals surface area contributed by atoms with Crippen LogP contribution in [0.2, 0.25) is 0 Å².